The number of hydrogen-bond acceptors (Lipinski definition) is 2. The molecule has 0 radical (unpaired) electrons. The first-order valence-corrected chi connectivity index (χ1v) is 7.32. The normalized spacial score (nSPS) is 13.4. The van der Waals surface area contributed by atoms with Gasteiger partial charge in [-0.15, -0.1) is 0 Å². The van der Waals surface area contributed by atoms with Crippen LogP contribution in [0, 0.1) is 0 Å². The van der Waals surface area contributed by atoms with Crippen LogP contribution in [0.15, 0.2) is 42.9 Å². The minimum Gasteiger partial charge on any atom is -0.326 e. The Morgan fingerprint density at radius 1 is 1.20 bits per heavy atom. The van der Waals surface area contributed by atoms with Crippen LogP contribution in [0.5, 0.6) is 0 Å². The summed E-state index contributed by atoms with van der Waals surface area (Å²) in [6.45, 7) is 9.61. The van der Waals surface area contributed by atoms with Crippen LogP contribution in [-0.2, 0) is 6.54 Å². The maximum absolute atomic E-state index is 4.34. The molecule has 1 aromatic carbocycles. The van der Waals surface area contributed by atoms with E-state index in [1.165, 1.54) is 11.3 Å². The number of nitrogens with one attached hydrogen (secondary N) is 1. The van der Waals surface area contributed by atoms with Gasteiger partial charge in [-0.2, -0.15) is 0 Å². The van der Waals surface area contributed by atoms with Crippen molar-refractivity contribution in [2.75, 3.05) is 0 Å². The lowest BCUT2D eigenvalue weighted by atomic mass is 10.0. The van der Waals surface area contributed by atoms with Gasteiger partial charge in [0.25, 0.3) is 0 Å². The molecule has 0 aliphatic rings. The molecule has 20 heavy (non-hydrogen) atoms. The van der Waals surface area contributed by atoms with Crippen molar-refractivity contribution in [3.05, 3.63) is 54.1 Å². The van der Waals surface area contributed by atoms with Gasteiger partial charge in [0.2, 0.25) is 0 Å². The first kappa shape index (κ1) is 14.8. The number of aromatic nitrogens is 2. The summed E-state index contributed by atoms with van der Waals surface area (Å²) in [6, 6.07) is 11.0. The van der Waals surface area contributed by atoms with Crippen LogP contribution >= 0.6 is 0 Å². The van der Waals surface area contributed by atoms with Crippen molar-refractivity contribution in [3.8, 4) is 0 Å². The molecule has 2 rings (SSSR count). The second-order valence-corrected chi connectivity index (χ2v) is 6.23. The Kier molecular flexibility index (Phi) is 4.61. The summed E-state index contributed by atoms with van der Waals surface area (Å²) < 4.78 is 2.29. The highest BCUT2D eigenvalue weighted by Gasteiger charge is 2.16. The molecule has 0 bridgehead atoms. The van der Waals surface area contributed by atoms with Gasteiger partial charge in [0.1, 0.15) is 0 Å². The van der Waals surface area contributed by atoms with E-state index in [-0.39, 0.29) is 5.54 Å². The maximum Gasteiger partial charge on any atom is 0.0954 e. The van der Waals surface area contributed by atoms with Gasteiger partial charge in [-0.25, -0.2) is 4.98 Å². The summed E-state index contributed by atoms with van der Waals surface area (Å²) in [7, 11) is 0. The molecule has 3 heteroatoms. The van der Waals surface area contributed by atoms with Gasteiger partial charge >= 0.3 is 0 Å². The zero-order valence-electron chi connectivity index (χ0n) is 12.9. The topological polar surface area (TPSA) is 29.9 Å². The Morgan fingerprint density at radius 3 is 2.50 bits per heavy atom. The van der Waals surface area contributed by atoms with E-state index < -0.39 is 0 Å². The van der Waals surface area contributed by atoms with Crippen LogP contribution in [0.1, 0.15) is 51.4 Å². The fourth-order valence-corrected chi connectivity index (χ4v) is 2.37. The molecule has 0 aliphatic carbocycles. The largest absolute Gasteiger partial charge is 0.326 e. The molecule has 108 valence electrons. The first-order chi connectivity index (χ1) is 9.51. The number of imidazole rings is 1. The van der Waals surface area contributed by atoms with Gasteiger partial charge in [0.15, 0.2) is 0 Å². The average Bonchev–Trinajstić information content (AvgIpc) is 2.86. The van der Waals surface area contributed by atoms with Crippen molar-refractivity contribution in [2.45, 2.75) is 52.2 Å². The lowest BCUT2D eigenvalue weighted by Crippen LogP contribution is -2.35. The molecule has 0 saturated heterocycles. The van der Waals surface area contributed by atoms with Crippen LogP contribution < -0.4 is 5.32 Å². The fourth-order valence-electron chi connectivity index (χ4n) is 2.37. The Morgan fingerprint density at radius 2 is 1.90 bits per heavy atom. The summed E-state index contributed by atoms with van der Waals surface area (Å²) in [5.74, 6) is 0. The van der Waals surface area contributed by atoms with E-state index in [0.717, 1.165) is 13.0 Å². The van der Waals surface area contributed by atoms with E-state index in [9.17, 15) is 0 Å². The molecule has 0 amide bonds. The van der Waals surface area contributed by atoms with E-state index in [1.54, 1.807) is 0 Å². The van der Waals surface area contributed by atoms with E-state index in [0.29, 0.717) is 6.04 Å². The molecule has 1 aromatic heterocycles. The summed E-state index contributed by atoms with van der Waals surface area (Å²) in [5, 5.41) is 3.53. The SMILES string of the molecule is CCC(c1ccccc1)n1cncc1CNC(C)(C)C. The second-order valence-electron chi connectivity index (χ2n) is 6.23. The van der Waals surface area contributed by atoms with E-state index >= 15 is 0 Å². The fraction of sp³-hybridized carbons (Fsp3) is 0.471. The van der Waals surface area contributed by atoms with Crippen molar-refractivity contribution in [1.29, 1.82) is 0 Å². The summed E-state index contributed by atoms with van der Waals surface area (Å²) >= 11 is 0. The predicted octanol–water partition coefficient (Wildman–Crippen LogP) is 3.77. The lowest BCUT2D eigenvalue weighted by molar-refractivity contribution is 0.410. The number of benzene rings is 1. The molecule has 1 atom stereocenters. The van der Waals surface area contributed by atoms with E-state index in [1.807, 2.05) is 12.5 Å². The predicted molar refractivity (Wildman–Crippen MR) is 83.7 cm³/mol. The summed E-state index contributed by atoms with van der Waals surface area (Å²) in [5.41, 5.74) is 2.68. The average molecular weight is 271 g/mol. The lowest BCUT2D eigenvalue weighted by Gasteiger charge is -2.24. The number of nitrogens with zero attached hydrogens (tertiary/aromatic N) is 2. The Bertz CT molecular complexity index is 523. The highest BCUT2D eigenvalue weighted by molar-refractivity contribution is 5.21. The summed E-state index contributed by atoms with van der Waals surface area (Å²) in [6.07, 6.45) is 4.97. The van der Waals surface area contributed by atoms with Crippen molar-refractivity contribution in [2.24, 2.45) is 0 Å². The molecule has 1 N–H and O–H groups in total. The van der Waals surface area contributed by atoms with Crippen LogP contribution in [-0.4, -0.2) is 15.1 Å². The molecule has 2 aromatic rings. The Labute approximate surface area is 122 Å². The highest BCUT2D eigenvalue weighted by Crippen LogP contribution is 2.23. The minimum absolute atomic E-state index is 0.115. The van der Waals surface area contributed by atoms with Gasteiger partial charge in [0, 0.05) is 18.3 Å². The van der Waals surface area contributed by atoms with Gasteiger partial charge in [-0.05, 0) is 32.8 Å². The third-order valence-corrected chi connectivity index (χ3v) is 3.45. The van der Waals surface area contributed by atoms with E-state index in [4.69, 9.17) is 0 Å². The smallest absolute Gasteiger partial charge is 0.0954 e. The molecule has 0 fully saturated rings. The zero-order chi connectivity index (χ0) is 14.6. The molecule has 3 nitrogen and oxygen atoms in total. The Balaban J connectivity index is 2.21. The van der Waals surface area contributed by atoms with Gasteiger partial charge in [0.05, 0.1) is 18.1 Å². The van der Waals surface area contributed by atoms with Crippen molar-refractivity contribution in [3.63, 3.8) is 0 Å². The quantitative estimate of drug-likeness (QED) is 0.897. The molecular weight excluding hydrogens is 246 g/mol. The van der Waals surface area contributed by atoms with Crippen molar-refractivity contribution >= 4 is 0 Å². The molecular formula is C17H25N3. The molecule has 1 unspecified atom stereocenters. The monoisotopic (exact) mass is 271 g/mol. The highest BCUT2D eigenvalue weighted by atomic mass is 15.1. The van der Waals surface area contributed by atoms with Crippen LogP contribution in [0.2, 0.25) is 0 Å². The van der Waals surface area contributed by atoms with Crippen molar-refractivity contribution < 1.29 is 0 Å². The number of rotatable bonds is 5. The summed E-state index contributed by atoms with van der Waals surface area (Å²) in [4.78, 5) is 4.34. The standard InChI is InChI=1S/C17H25N3/c1-5-16(14-9-7-6-8-10-14)20-13-18-11-15(20)12-19-17(2,3)4/h6-11,13,16,19H,5,12H2,1-4H3. The second kappa shape index (κ2) is 6.23. The Hall–Kier alpha value is -1.61. The van der Waals surface area contributed by atoms with E-state index in [2.05, 4.69) is 72.9 Å². The van der Waals surface area contributed by atoms with Crippen molar-refractivity contribution in [1.82, 2.24) is 14.9 Å². The molecule has 0 aliphatic heterocycles. The van der Waals surface area contributed by atoms with Crippen LogP contribution in [0.3, 0.4) is 0 Å². The number of hydrogen-bond donors (Lipinski definition) is 1. The van der Waals surface area contributed by atoms with Crippen LogP contribution in [0.4, 0.5) is 0 Å². The zero-order valence-corrected chi connectivity index (χ0v) is 12.9. The minimum atomic E-state index is 0.115. The van der Waals surface area contributed by atoms with Crippen LogP contribution in [0.25, 0.3) is 0 Å². The van der Waals surface area contributed by atoms with Gasteiger partial charge < -0.3 is 9.88 Å². The van der Waals surface area contributed by atoms with Gasteiger partial charge in [-0.1, -0.05) is 37.3 Å². The molecule has 0 saturated carbocycles. The van der Waals surface area contributed by atoms with Gasteiger partial charge in [-0.3, -0.25) is 0 Å². The third kappa shape index (κ3) is 3.70. The third-order valence-electron chi connectivity index (χ3n) is 3.45. The first-order valence-electron chi connectivity index (χ1n) is 7.32. The molecule has 0 spiro atoms. The maximum atomic E-state index is 4.34. The molecule has 1 heterocycles.